The highest BCUT2D eigenvalue weighted by molar-refractivity contribution is 14.1. The molecular weight excluding hydrogens is 591 g/mol. The molecule has 4 rings (SSSR count). The van der Waals surface area contributed by atoms with Gasteiger partial charge in [0.2, 0.25) is 0 Å². The summed E-state index contributed by atoms with van der Waals surface area (Å²) >= 11 is 2.38. The monoisotopic (exact) mass is 630 g/mol. The van der Waals surface area contributed by atoms with Gasteiger partial charge >= 0.3 is 0 Å². The Morgan fingerprint density at radius 3 is 2.53 bits per heavy atom. The highest BCUT2D eigenvalue weighted by Crippen LogP contribution is 2.30. The number of rotatable bonds is 6. The summed E-state index contributed by atoms with van der Waals surface area (Å²) in [5, 5.41) is 3.01. The molecule has 2 aliphatic heterocycles. The number of aryl methyl sites for hydroxylation is 2. The van der Waals surface area contributed by atoms with Crippen molar-refractivity contribution in [3.8, 4) is 11.8 Å². The molecule has 1 aromatic carbocycles. The van der Waals surface area contributed by atoms with Crippen molar-refractivity contribution in [3.63, 3.8) is 0 Å². The zero-order valence-corrected chi connectivity index (χ0v) is 25.1. The van der Waals surface area contributed by atoms with Gasteiger partial charge in [0.05, 0.1) is 0 Å². The van der Waals surface area contributed by atoms with Crippen molar-refractivity contribution in [2.24, 2.45) is 5.92 Å². The lowest BCUT2D eigenvalue weighted by molar-refractivity contribution is 0.0845. The van der Waals surface area contributed by atoms with Crippen LogP contribution < -0.4 is 15.8 Å². The highest BCUT2D eigenvalue weighted by atomic mass is 127. The number of pyridine rings is 1. The minimum Gasteiger partial charge on any atom is -0.381 e. The Balaban J connectivity index is 1.66. The molecule has 2 aromatic rings. The summed E-state index contributed by atoms with van der Waals surface area (Å²) in [7, 11) is 0. The van der Waals surface area contributed by atoms with Crippen LogP contribution >= 0.6 is 22.9 Å². The number of aromatic amines is 1. The third-order valence-corrected chi connectivity index (χ3v) is 8.65. The molecule has 2 aliphatic rings. The van der Waals surface area contributed by atoms with E-state index in [2.05, 4.69) is 66.0 Å². The molecule has 3 heterocycles. The Kier molecular flexibility index (Phi) is 9.91. The molecule has 2 saturated heterocycles. The Morgan fingerprint density at radius 1 is 1.16 bits per heavy atom. The fourth-order valence-corrected chi connectivity index (χ4v) is 6.03. The molecule has 0 radical (unpaired) electrons. The van der Waals surface area contributed by atoms with Gasteiger partial charge in [0.15, 0.2) is 0 Å². The minimum absolute atomic E-state index is 0.158. The van der Waals surface area contributed by atoms with Gasteiger partial charge in [0.1, 0.15) is 0 Å². The second-order valence-corrected chi connectivity index (χ2v) is 11.7. The van der Waals surface area contributed by atoms with Crippen LogP contribution in [0.3, 0.4) is 0 Å². The number of ether oxygens (including phenoxy) is 1. The number of hydrogen-bond donors (Lipinski definition) is 2. The Labute approximate surface area is 240 Å². The summed E-state index contributed by atoms with van der Waals surface area (Å²) in [6.07, 6.45) is 4.06. The Bertz CT molecular complexity index is 1260. The van der Waals surface area contributed by atoms with Gasteiger partial charge in [-0.3, -0.25) is 9.59 Å². The van der Waals surface area contributed by atoms with Crippen LogP contribution in [0.4, 0.5) is 5.69 Å². The molecule has 0 bridgehead atoms. The second-order valence-electron chi connectivity index (χ2n) is 10.4. The molecule has 8 heteroatoms. The number of hydrogen-bond acceptors (Lipinski definition) is 5. The highest BCUT2D eigenvalue weighted by Gasteiger charge is 2.25. The van der Waals surface area contributed by atoms with Gasteiger partial charge in [-0.15, -0.1) is 0 Å². The summed E-state index contributed by atoms with van der Waals surface area (Å²) in [5.41, 5.74) is 5.58. The van der Waals surface area contributed by atoms with Crippen molar-refractivity contribution in [1.82, 2.24) is 13.4 Å². The summed E-state index contributed by atoms with van der Waals surface area (Å²) in [5.74, 6) is 7.09. The number of carbonyl (C=O) groups excluding carboxylic acids is 1. The maximum Gasteiger partial charge on any atom is 0.253 e. The predicted molar refractivity (Wildman–Crippen MR) is 161 cm³/mol. The number of carbonyl (C=O) groups is 1. The van der Waals surface area contributed by atoms with E-state index in [1.165, 1.54) is 0 Å². The van der Waals surface area contributed by atoms with Gasteiger partial charge in [-0.2, -0.15) is 0 Å². The number of benzene rings is 1. The number of halogens is 1. The number of amides is 1. The van der Waals surface area contributed by atoms with Crippen LogP contribution in [0.25, 0.3) is 0 Å². The molecule has 38 heavy (non-hydrogen) atoms. The number of anilines is 1. The zero-order valence-electron chi connectivity index (χ0n) is 23.0. The van der Waals surface area contributed by atoms with Crippen molar-refractivity contribution >= 4 is 34.5 Å². The molecular formula is C30H39IN4O3. The van der Waals surface area contributed by atoms with E-state index < -0.39 is 0 Å². The molecule has 2 fully saturated rings. The zero-order chi connectivity index (χ0) is 27.2. The molecule has 1 aromatic heterocycles. The standard InChI is InChI=1S/C30H39IN4O3/c1-5-35(25-10-14-38-15-11-25)28-18-24(7-6-23-8-12-34(31)13-9-23)17-26(22(28)4)29(36)32-19-27-20(2)16-21(3)33-30(27)37/h16-18,23,25H,5,8-15,19H2,1-4H3,(H,32,36)(H,33,37). The van der Waals surface area contributed by atoms with Gasteiger partial charge in [0, 0.05) is 102 Å². The van der Waals surface area contributed by atoms with Crippen LogP contribution in [0.2, 0.25) is 0 Å². The first-order valence-electron chi connectivity index (χ1n) is 13.7. The van der Waals surface area contributed by atoms with Gasteiger partial charge in [-0.1, -0.05) is 11.8 Å². The smallest absolute Gasteiger partial charge is 0.253 e. The predicted octanol–water partition coefficient (Wildman–Crippen LogP) is 4.65. The third-order valence-electron chi connectivity index (χ3n) is 7.69. The van der Waals surface area contributed by atoms with E-state index in [4.69, 9.17) is 4.74 Å². The quantitative estimate of drug-likeness (QED) is 0.276. The molecule has 1 amide bonds. The minimum atomic E-state index is -0.187. The van der Waals surface area contributed by atoms with E-state index in [1.807, 2.05) is 32.9 Å². The summed E-state index contributed by atoms with van der Waals surface area (Å²) < 4.78 is 7.93. The number of piperidine rings is 1. The number of nitrogens with zero attached hydrogens (tertiary/aromatic N) is 2. The number of aromatic nitrogens is 1. The van der Waals surface area contributed by atoms with E-state index >= 15 is 0 Å². The van der Waals surface area contributed by atoms with Gasteiger partial charge in [-0.25, -0.2) is 3.11 Å². The first kappa shape index (κ1) is 28.7. The maximum absolute atomic E-state index is 13.5. The van der Waals surface area contributed by atoms with E-state index in [1.54, 1.807) is 0 Å². The average Bonchev–Trinajstić information content (AvgIpc) is 2.90. The van der Waals surface area contributed by atoms with E-state index in [0.717, 1.165) is 86.6 Å². The number of H-pyrrole nitrogens is 1. The summed E-state index contributed by atoms with van der Waals surface area (Å²) in [6, 6.07) is 6.37. The van der Waals surface area contributed by atoms with Crippen molar-refractivity contribution in [3.05, 3.63) is 62.1 Å². The van der Waals surface area contributed by atoms with E-state index in [9.17, 15) is 9.59 Å². The van der Waals surface area contributed by atoms with Crippen molar-refractivity contribution in [2.45, 2.75) is 66.0 Å². The lowest BCUT2D eigenvalue weighted by Crippen LogP contribution is -2.40. The maximum atomic E-state index is 13.5. The van der Waals surface area contributed by atoms with Crippen molar-refractivity contribution in [2.75, 3.05) is 37.7 Å². The Hall–Kier alpha value is -2.35. The SMILES string of the molecule is CCN(c1cc(C#CC2CCN(I)CC2)cc(C(=O)NCc2c(C)cc(C)[nH]c2=O)c1C)C1CCOCC1. The average molecular weight is 631 g/mol. The molecule has 0 spiro atoms. The van der Waals surface area contributed by atoms with Crippen LogP contribution in [0.1, 0.15) is 70.9 Å². The van der Waals surface area contributed by atoms with Gasteiger partial charge in [-0.05, 0) is 82.7 Å². The lowest BCUT2D eigenvalue weighted by Gasteiger charge is -2.36. The van der Waals surface area contributed by atoms with Crippen LogP contribution in [0.5, 0.6) is 0 Å². The first-order valence-corrected chi connectivity index (χ1v) is 14.6. The molecule has 0 atom stereocenters. The molecule has 0 saturated carbocycles. The second kappa shape index (κ2) is 13.1. The lowest BCUT2D eigenvalue weighted by atomic mass is 9.96. The summed E-state index contributed by atoms with van der Waals surface area (Å²) in [4.78, 5) is 31.3. The van der Waals surface area contributed by atoms with Crippen LogP contribution in [0.15, 0.2) is 23.0 Å². The van der Waals surface area contributed by atoms with Gasteiger partial charge in [0.25, 0.3) is 11.5 Å². The largest absolute Gasteiger partial charge is 0.381 e. The van der Waals surface area contributed by atoms with Crippen LogP contribution in [-0.4, -0.2) is 52.9 Å². The normalized spacial score (nSPS) is 17.1. The Morgan fingerprint density at radius 2 is 1.87 bits per heavy atom. The summed E-state index contributed by atoms with van der Waals surface area (Å²) in [6.45, 7) is 12.6. The molecule has 0 unspecified atom stereocenters. The number of nitrogens with one attached hydrogen (secondary N) is 2. The van der Waals surface area contributed by atoms with Gasteiger partial charge < -0.3 is 19.9 Å². The molecule has 7 nitrogen and oxygen atoms in total. The van der Waals surface area contributed by atoms with Crippen LogP contribution in [-0.2, 0) is 11.3 Å². The fraction of sp³-hybridized carbons (Fsp3) is 0.533. The van der Waals surface area contributed by atoms with Crippen LogP contribution in [0, 0.1) is 38.5 Å². The molecule has 2 N–H and O–H groups in total. The van der Waals surface area contributed by atoms with E-state index in [0.29, 0.717) is 23.1 Å². The van der Waals surface area contributed by atoms with Crippen molar-refractivity contribution < 1.29 is 9.53 Å². The van der Waals surface area contributed by atoms with E-state index in [-0.39, 0.29) is 18.0 Å². The van der Waals surface area contributed by atoms with Crippen molar-refractivity contribution in [1.29, 1.82) is 0 Å². The third kappa shape index (κ3) is 6.99. The fourth-order valence-electron chi connectivity index (χ4n) is 5.47. The molecule has 204 valence electrons. The molecule has 0 aliphatic carbocycles. The topological polar surface area (TPSA) is 77.7 Å². The first-order chi connectivity index (χ1) is 18.3.